The molecule has 2 fully saturated rings. The van der Waals surface area contributed by atoms with E-state index < -0.39 is 5.60 Å². The lowest BCUT2D eigenvalue weighted by atomic mass is 9.81. The van der Waals surface area contributed by atoms with Gasteiger partial charge in [0.1, 0.15) is 12.9 Å². The summed E-state index contributed by atoms with van der Waals surface area (Å²) in [6.45, 7) is 0.317. The number of piperidine rings is 1. The second-order valence-electron chi connectivity index (χ2n) is 10.1. The van der Waals surface area contributed by atoms with E-state index in [4.69, 9.17) is 4.74 Å². The van der Waals surface area contributed by atoms with Crippen molar-refractivity contribution in [3.05, 3.63) is 89.9 Å². The lowest BCUT2D eigenvalue weighted by Crippen LogP contribution is -2.52. The Morgan fingerprint density at radius 2 is 1.63 bits per heavy atom. The second kappa shape index (κ2) is 7.65. The number of hydrogen-bond acceptors (Lipinski definition) is 5. The molecule has 4 heterocycles. The maximum absolute atomic E-state index is 13.3. The number of aromatic nitrogens is 3. The molecular formula is C28H26N4O3. The van der Waals surface area contributed by atoms with Gasteiger partial charge in [0.25, 0.3) is 0 Å². The Bertz CT molecular complexity index is 1390. The Labute approximate surface area is 203 Å². The Hall–Kier alpha value is -3.71. The first-order valence-corrected chi connectivity index (χ1v) is 12.3. The number of fused-ring (bicyclic) bond motifs is 6. The summed E-state index contributed by atoms with van der Waals surface area (Å²) in [5, 5.41) is 19.6. The van der Waals surface area contributed by atoms with E-state index in [1.807, 2.05) is 39.8 Å². The van der Waals surface area contributed by atoms with E-state index >= 15 is 0 Å². The molecule has 1 aliphatic carbocycles. The van der Waals surface area contributed by atoms with Crippen LogP contribution in [0.4, 0.5) is 4.79 Å². The molecule has 4 aromatic rings. The van der Waals surface area contributed by atoms with E-state index in [9.17, 15) is 9.90 Å². The highest BCUT2D eigenvalue weighted by atomic mass is 16.6. The Kier molecular flexibility index (Phi) is 4.51. The van der Waals surface area contributed by atoms with Crippen LogP contribution in [0.2, 0.25) is 0 Å². The minimum atomic E-state index is -0.982. The molecule has 35 heavy (non-hydrogen) atoms. The van der Waals surface area contributed by atoms with Crippen LogP contribution >= 0.6 is 0 Å². The third-order valence-electron chi connectivity index (χ3n) is 8.14. The zero-order valence-corrected chi connectivity index (χ0v) is 19.2. The Morgan fingerprint density at radius 1 is 0.971 bits per heavy atom. The van der Waals surface area contributed by atoms with Crippen molar-refractivity contribution in [3.63, 3.8) is 0 Å². The summed E-state index contributed by atoms with van der Waals surface area (Å²) in [5.41, 5.74) is 5.47. The number of hydrogen-bond donors (Lipinski definition) is 1. The molecule has 1 amide bonds. The van der Waals surface area contributed by atoms with Crippen molar-refractivity contribution in [2.24, 2.45) is 0 Å². The summed E-state index contributed by atoms with van der Waals surface area (Å²) >= 11 is 0. The third-order valence-corrected chi connectivity index (χ3v) is 8.14. The quantitative estimate of drug-likeness (QED) is 0.481. The van der Waals surface area contributed by atoms with Crippen molar-refractivity contribution in [1.29, 1.82) is 0 Å². The molecule has 0 radical (unpaired) electrons. The molecule has 2 aromatic heterocycles. The van der Waals surface area contributed by atoms with Crippen LogP contribution in [-0.2, 0) is 10.3 Å². The standard InChI is InChI=1S/C28H26N4O3/c33-27(35-16-25-23-7-3-1-5-21(23)22-6-2-4-8-24(22)25)32-19-10-11-20(32)14-28(34,13-19)18-9-12-26-30-29-17-31(26)15-18/h1-9,12,15,17,19-20,25,34H,10-11,13-14,16H2. The van der Waals surface area contributed by atoms with Crippen molar-refractivity contribution in [2.75, 3.05) is 6.61 Å². The molecule has 2 aliphatic heterocycles. The number of pyridine rings is 1. The maximum atomic E-state index is 13.3. The van der Waals surface area contributed by atoms with Gasteiger partial charge in [0, 0.05) is 42.6 Å². The average molecular weight is 467 g/mol. The lowest BCUT2D eigenvalue weighted by Gasteiger charge is -2.43. The molecule has 0 spiro atoms. The largest absolute Gasteiger partial charge is 0.448 e. The lowest BCUT2D eigenvalue weighted by molar-refractivity contribution is -0.0533. The van der Waals surface area contributed by atoms with Crippen LogP contribution in [0.15, 0.2) is 73.2 Å². The van der Waals surface area contributed by atoms with E-state index in [1.165, 1.54) is 22.3 Å². The molecule has 0 saturated carbocycles. The van der Waals surface area contributed by atoms with Crippen LogP contribution in [0.1, 0.15) is 48.3 Å². The average Bonchev–Trinajstić information content (AvgIpc) is 3.55. The number of carbonyl (C=O) groups is 1. The first-order valence-electron chi connectivity index (χ1n) is 12.3. The zero-order valence-electron chi connectivity index (χ0n) is 19.2. The molecule has 7 rings (SSSR count). The summed E-state index contributed by atoms with van der Waals surface area (Å²) in [5.74, 6) is 0.0428. The van der Waals surface area contributed by atoms with Gasteiger partial charge >= 0.3 is 6.09 Å². The van der Waals surface area contributed by atoms with Crippen molar-refractivity contribution in [1.82, 2.24) is 19.5 Å². The summed E-state index contributed by atoms with van der Waals surface area (Å²) in [4.78, 5) is 15.2. The fourth-order valence-corrected chi connectivity index (χ4v) is 6.53. The van der Waals surface area contributed by atoms with Crippen molar-refractivity contribution in [3.8, 4) is 11.1 Å². The Balaban J connectivity index is 1.09. The van der Waals surface area contributed by atoms with Crippen molar-refractivity contribution >= 4 is 11.7 Å². The number of nitrogens with zero attached hydrogens (tertiary/aromatic N) is 4. The Morgan fingerprint density at radius 3 is 2.31 bits per heavy atom. The molecule has 2 aromatic carbocycles. The first-order chi connectivity index (χ1) is 17.1. The molecule has 2 unspecified atom stereocenters. The van der Waals surface area contributed by atoms with Crippen LogP contribution in [-0.4, -0.2) is 49.4 Å². The van der Waals surface area contributed by atoms with Gasteiger partial charge in [0.15, 0.2) is 5.65 Å². The summed E-state index contributed by atoms with van der Waals surface area (Å²) < 4.78 is 7.79. The number of amides is 1. The molecule has 7 heteroatoms. The number of ether oxygens (including phenoxy) is 1. The monoisotopic (exact) mass is 466 g/mol. The maximum Gasteiger partial charge on any atom is 0.410 e. The van der Waals surface area contributed by atoms with Crippen molar-refractivity contribution in [2.45, 2.75) is 49.3 Å². The number of carbonyl (C=O) groups excluding carboxylic acids is 1. The van der Waals surface area contributed by atoms with Gasteiger partial charge in [-0.05, 0) is 41.2 Å². The van der Waals surface area contributed by atoms with E-state index in [-0.39, 0.29) is 24.1 Å². The summed E-state index contributed by atoms with van der Waals surface area (Å²) in [7, 11) is 0. The van der Waals surface area contributed by atoms with Gasteiger partial charge in [0.2, 0.25) is 0 Å². The number of rotatable bonds is 3. The van der Waals surface area contributed by atoms with Gasteiger partial charge in [-0.3, -0.25) is 4.40 Å². The van der Waals surface area contributed by atoms with Gasteiger partial charge in [-0.1, -0.05) is 54.6 Å². The van der Waals surface area contributed by atoms with Crippen LogP contribution in [0.25, 0.3) is 16.8 Å². The fraction of sp³-hybridized carbons (Fsp3) is 0.321. The van der Waals surface area contributed by atoms with E-state index in [0.29, 0.717) is 19.4 Å². The predicted molar refractivity (Wildman–Crippen MR) is 130 cm³/mol. The van der Waals surface area contributed by atoms with Crippen molar-refractivity contribution < 1.29 is 14.6 Å². The van der Waals surface area contributed by atoms with E-state index in [2.05, 4.69) is 46.6 Å². The topological polar surface area (TPSA) is 80.0 Å². The third kappa shape index (κ3) is 3.18. The smallest absolute Gasteiger partial charge is 0.410 e. The van der Waals surface area contributed by atoms with Gasteiger partial charge in [-0.15, -0.1) is 10.2 Å². The predicted octanol–water partition coefficient (Wildman–Crippen LogP) is 4.49. The molecule has 2 bridgehead atoms. The van der Waals surface area contributed by atoms with Crippen LogP contribution in [0.5, 0.6) is 0 Å². The number of benzene rings is 2. The van der Waals surface area contributed by atoms with E-state index in [0.717, 1.165) is 24.1 Å². The second-order valence-corrected chi connectivity index (χ2v) is 10.1. The molecule has 2 atom stereocenters. The van der Waals surface area contributed by atoms with Crippen LogP contribution in [0.3, 0.4) is 0 Å². The number of aliphatic hydroxyl groups is 1. The molecule has 3 aliphatic rings. The molecule has 1 N–H and O–H groups in total. The minimum absolute atomic E-state index is 0.0361. The SMILES string of the molecule is O=C(OCC1c2ccccc2-c2ccccc21)N1C2CCC1CC(O)(c1ccc3nncn3c1)C2. The zero-order chi connectivity index (χ0) is 23.6. The highest BCUT2D eigenvalue weighted by Gasteiger charge is 2.51. The normalized spacial score (nSPS) is 25.0. The van der Waals surface area contributed by atoms with E-state index in [1.54, 1.807) is 6.33 Å². The van der Waals surface area contributed by atoms with Crippen LogP contribution in [0, 0.1) is 0 Å². The fourth-order valence-electron chi connectivity index (χ4n) is 6.53. The highest BCUT2D eigenvalue weighted by Crippen LogP contribution is 2.47. The molecular weight excluding hydrogens is 440 g/mol. The molecule has 2 saturated heterocycles. The first kappa shape index (κ1) is 20.6. The van der Waals surface area contributed by atoms with Crippen LogP contribution < -0.4 is 0 Å². The van der Waals surface area contributed by atoms with Gasteiger partial charge in [0.05, 0.1) is 5.60 Å². The summed E-state index contributed by atoms with van der Waals surface area (Å²) in [6, 6.07) is 20.5. The molecule has 7 nitrogen and oxygen atoms in total. The van der Waals surface area contributed by atoms with Gasteiger partial charge in [-0.2, -0.15) is 0 Å². The highest BCUT2D eigenvalue weighted by molar-refractivity contribution is 5.79. The van der Waals surface area contributed by atoms with Gasteiger partial charge < -0.3 is 14.7 Å². The minimum Gasteiger partial charge on any atom is -0.448 e. The van der Waals surface area contributed by atoms with Gasteiger partial charge in [-0.25, -0.2) is 4.79 Å². The summed E-state index contributed by atoms with van der Waals surface area (Å²) in [6.07, 6.45) is 6.04. The molecule has 176 valence electrons.